The van der Waals surface area contributed by atoms with E-state index in [1.807, 2.05) is 31.2 Å². The molecule has 0 unspecified atom stereocenters. The average Bonchev–Trinajstić information content (AvgIpc) is 2.75. The van der Waals surface area contributed by atoms with Crippen LogP contribution in [0, 0.1) is 6.92 Å². The number of hydrogen-bond acceptors (Lipinski definition) is 3. The summed E-state index contributed by atoms with van der Waals surface area (Å²) < 4.78 is 5.45. The van der Waals surface area contributed by atoms with Gasteiger partial charge in [-0.3, -0.25) is 4.79 Å². The first-order valence-electron chi connectivity index (χ1n) is 5.80. The fraction of sp³-hybridized carbons (Fsp3) is 0.214. The Morgan fingerprint density at radius 3 is 2.78 bits per heavy atom. The Bertz CT molecular complexity index is 546. The topological polar surface area (TPSA) is 68.3 Å². The van der Waals surface area contributed by atoms with Crippen molar-refractivity contribution >= 4 is 5.91 Å². The standard InChI is InChI=1S/C14H16N2O2/c1-10-5-6-13(18-10)9-16-8-11-3-2-4-12(7-11)14(15)17/h2-7,16H,8-9H2,1H3,(H2,15,17). The van der Waals surface area contributed by atoms with Gasteiger partial charge >= 0.3 is 0 Å². The zero-order valence-electron chi connectivity index (χ0n) is 10.3. The highest BCUT2D eigenvalue weighted by atomic mass is 16.3. The third-order valence-electron chi connectivity index (χ3n) is 2.64. The van der Waals surface area contributed by atoms with Gasteiger partial charge in [0.2, 0.25) is 5.91 Å². The predicted octanol–water partition coefficient (Wildman–Crippen LogP) is 1.98. The lowest BCUT2D eigenvalue weighted by molar-refractivity contribution is 0.1000. The molecule has 1 heterocycles. The van der Waals surface area contributed by atoms with E-state index >= 15 is 0 Å². The minimum Gasteiger partial charge on any atom is -0.465 e. The number of rotatable bonds is 5. The number of nitrogens with two attached hydrogens (primary N) is 1. The number of primary amides is 1. The third kappa shape index (κ3) is 3.21. The van der Waals surface area contributed by atoms with Crippen molar-refractivity contribution in [1.82, 2.24) is 5.32 Å². The highest BCUT2D eigenvalue weighted by Gasteiger charge is 2.02. The summed E-state index contributed by atoms with van der Waals surface area (Å²) in [5.74, 6) is 1.40. The molecule has 2 aromatic rings. The molecule has 94 valence electrons. The molecule has 2 rings (SSSR count). The first kappa shape index (κ1) is 12.4. The molecular weight excluding hydrogens is 228 g/mol. The maximum Gasteiger partial charge on any atom is 0.248 e. The average molecular weight is 244 g/mol. The minimum absolute atomic E-state index is 0.404. The van der Waals surface area contributed by atoms with Crippen LogP contribution in [0.15, 0.2) is 40.8 Å². The number of hydrogen-bond donors (Lipinski definition) is 2. The fourth-order valence-corrected chi connectivity index (χ4v) is 1.74. The summed E-state index contributed by atoms with van der Waals surface area (Å²) in [5, 5.41) is 3.25. The molecule has 0 fully saturated rings. The van der Waals surface area contributed by atoms with Gasteiger partial charge in [-0.15, -0.1) is 0 Å². The Hall–Kier alpha value is -2.07. The van der Waals surface area contributed by atoms with Crippen LogP contribution in [-0.4, -0.2) is 5.91 Å². The summed E-state index contributed by atoms with van der Waals surface area (Å²) in [6, 6.07) is 11.2. The maximum absolute atomic E-state index is 11.0. The Kier molecular flexibility index (Phi) is 3.79. The van der Waals surface area contributed by atoms with Gasteiger partial charge in [0.05, 0.1) is 6.54 Å². The van der Waals surface area contributed by atoms with E-state index < -0.39 is 5.91 Å². The second-order valence-electron chi connectivity index (χ2n) is 4.18. The Balaban J connectivity index is 1.90. The Labute approximate surface area is 106 Å². The van der Waals surface area contributed by atoms with Gasteiger partial charge in [-0.2, -0.15) is 0 Å². The molecular formula is C14H16N2O2. The number of carbonyl (C=O) groups excluding carboxylic acids is 1. The number of amides is 1. The molecule has 0 aliphatic carbocycles. The summed E-state index contributed by atoms with van der Waals surface area (Å²) in [4.78, 5) is 11.0. The van der Waals surface area contributed by atoms with Gasteiger partial charge in [0.25, 0.3) is 0 Å². The molecule has 3 N–H and O–H groups in total. The van der Waals surface area contributed by atoms with Gasteiger partial charge < -0.3 is 15.5 Å². The van der Waals surface area contributed by atoms with Gasteiger partial charge in [-0.25, -0.2) is 0 Å². The van der Waals surface area contributed by atoms with Crippen LogP contribution in [0.4, 0.5) is 0 Å². The molecule has 0 saturated carbocycles. The van der Waals surface area contributed by atoms with Crippen LogP contribution >= 0.6 is 0 Å². The molecule has 0 radical (unpaired) electrons. The van der Waals surface area contributed by atoms with Crippen molar-refractivity contribution in [2.45, 2.75) is 20.0 Å². The van der Waals surface area contributed by atoms with E-state index in [9.17, 15) is 4.79 Å². The molecule has 18 heavy (non-hydrogen) atoms. The summed E-state index contributed by atoms with van der Waals surface area (Å²) in [5.41, 5.74) is 6.78. The number of benzene rings is 1. The normalized spacial score (nSPS) is 10.5. The minimum atomic E-state index is -0.404. The molecule has 0 aliphatic rings. The van der Waals surface area contributed by atoms with Crippen LogP contribution < -0.4 is 11.1 Å². The van der Waals surface area contributed by atoms with E-state index in [1.165, 1.54) is 0 Å². The highest BCUT2D eigenvalue weighted by molar-refractivity contribution is 5.92. The van der Waals surface area contributed by atoms with E-state index in [0.717, 1.165) is 17.1 Å². The molecule has 0 aliphatic heterocycles. The van der Waals surface area contributed by atoms with Gasteiger partial charge in [-0.1, -0.05) is 12.1 Å². The molecule has 0 saturated heterocycles. The fourth-order valence-electron chi connectivity index (χ4n) is 1.74. The largest absolute Gasteiger partial charge is 0.465 e. The molecule has 0 spiro atoms. The van der Waals surface area contributed by atoms with E-state index in [2.05, 4.69) is 5.32 Å². The Morgan fingerprint density at radius 1 is 1.28 bits per heavy atom. The molecule has 4 heteroatoms. The van der Waals surface area contributed by atoms with Crippen molar-refractivity contribution in [2.24, 2.45) is 5.73 Å². The van der Waals surface area contributed by atoms with Crippen LogP contribution in [0.3, 0.4) is 0 Å². The number of aryl methyl sites for hydroxylation is 1. The van der Waals surface area contributed by atoms with Gasteiger partial charge in [0, 0.05) is 12.1 Å². The van der Waals surface area contributed by atoms with Crippen molar-refractivity contribution in [2.75, 3.05) is 0 Å². The first-order valence-corrected chi connectivity index (χ1v) is 5.80. The van der Waals surface area contributed by atoms with Gasteiger partial charge in [0.15, 0.2) is 0 Å². The number of furan rings is 1. The monoisotopic (exact) mass is 244 g/mol. The molecule has 0 bridgehead atoms. The number of nitrogens with one attached hydrogen (secondary N) is 1. The highest BCUT2D eigenvalue weighted by Crippen LogP contribution is 2.07. The van der Waals surface area contributed by atoms with Crippen molar-refractivity contribution in [3.05, 3.63) is 59.0 Å². The van der Waals surface area contributed by atoms with Crippen molar-refractivity contribution in [3.63, 3.8) is 0 Å². The quantitative estimate of drug-likeness (QED) is 0.845. The summed E-state index contributed by atoms with van der Waals surface area (Å²) in [7, 11) is 0. The third-order valence-corrected chi connectivity index (χ3v) is 2.64. The van der Waals surface area contributed by atoms with Crippen molar-refractivity contribution in [1.29, 1.82) is 0 Å². The summed E-state index contributed by atoms with van der Waals surface area (Å²) in [6.45, 7) is 3.25. The van der Waals surface area contributed by atoms with Crippen molar-refractivity contribution in [3.8, 4) is 0 Å². The second kappa shape index (κ2) is 5.51. The second-order valence-corrected chi connectivity index (χ2v) is 4.18. The van der Waals surface area contributed by atoms with Crippen LogP contribution in [0.25, 0.3) is 0 Å². The lowest BCUT2D eigenvalue weighted by Crippen LogP contribution is -2.14. The smallest absolute Gasteiger partial charge is 0.248 e. The summed E-state index contributed by atoms with van der Waals surface area (Å²) >= 11 is 0. The first-order chi connectivity index (χ1) is 8.65. The lowest BCUT2D eigenvalue weighted by atomic mass is 10.1. The van der Waals surface area contributed by atoms with E-state index in [0.29, 0.717) is 18.7 Å². The van der Waals surface area contributed by atoms with Crippen LogP contribution in [0.1, 0.15) is 27.4 Å². The molecule has 1 amide bonds. The van der Waals surface area contributed by atoms with Crippen LogP contribution in [0.2, 0.25) is 0 Å². The number of carbonyl (C=O) groups is 1. The van der Waals surface area contributed by atoms with E-state index in [-0.39, 0.29) is 0 Å². The van der Waals surface area contributed by atoms with Crippen molar-refractivity contribution < 1.29 is 9.21 Å². The van der Waals surface area contributed by atoms with Crippen LogP contribution in [0.5, 0.6) is 0 Å². The SMILES string of the molecule is Cc1ccc(CNCc2cccc(C(N)=O)c2)o1. The molecule has 0 atom stereocenters. The Morgan fingerprint density at radius 2 is 2.11 bits per heavy atom. The zero-order valence-corrected chi connectivity index (χ0v) is 10.3. The van der Waals surface area contributed by atoms with Gasteiger partial charge in [0.1, 0.15) is 11.5 Å². The molecule has 4 nitrogen and oxygen atoms in total. The zero-order chi connectivity index (χ0) is 13.0. The van der Waals surface area contributed by atoms with Crippen LogP contribution in [-0.2, 0) is 13.1 Å². The maximum atomic E-state index is 11.0. The molecule has 1 aromatic carbocycles. The molecule has 1 aromatic heterocycles. The van der Waals surface area contributed by atoms with E-state index in [1.54, 1.807) is 12.1 Å². The van der Waals surface area contributed by atoms with E-state index in [4.69, 9.17) is 10.2 Å². The summed E-state index contributed by atoms with van der Waals surface area (Å²) in [6.07, 6.45) is 0. The van der Waals surface area contributed by atoms with Gasteiger partial charge in [-0.05, 0) is 36.8 Å². The predicted molar refractivity (Wildman–Crippen MR) is 68.9 cm³/mol. The lowest BCUT2D eigenvalue weighted by Gasteiger charge is -2.04.